The highest BCUT2D eigenvalue weighted by atomic mass is 35.5. The van der Waals surface area contributed by atoms with Crippen LogP contribution in [0.25, 0.3) is 10.9 Å². The van der Waals surface area contributed by atoms with E-state index in [1.807, 2.05) is 0 Å². The molecule has 0 saturated heterocycles. The highest BCUT2D eigenvalue weighted by molar-refractivity contribution is 6.30. The summed E-state index contributed by atoms with van der Waals surface area (Å²) in [7, 11) is 3.03. The Balaban J connectivity index is 2.13. The number of anilines is 1. The number of methoxy groups -OCH3 is 1. The zero-order valence-corrected chi connectivity index (χ0v) is 14.3. The van der Waals surface area contributed by atoms with Gasteiger partial charge >= 0.3 is 0 Å². The molecule has 25 heavy (non-hydrogen) atoms. The molecule has 1 amide bonds. The number of carbonyl (C=O) groups excluding carboxylic acids is 1. The standard InChI is InChI=1S/C18H15ClN2O4/c1-21-14-8-7-12(25-2)9-13(14)16(22)15(18(21)24)17(23)20-11-5-3-10(19)4-6-11/h3-9,22H,1-2H3,(H,20,23). The molecule has 6 nitrogen and oxygen atoms in total. The second kappa shape index (κ2) is 6.49. The Morgan fingerprint density at radius 3 is 2.52 bits per heavy atom. The predicted molar refractivity (Wildman–Crippen MR) is 96.8 cm³/mol. The maximum absolute atomic E-state index is 12.5. The fourth-order valence-electron chi connectivity index (χ4n) is 2.57. The average Bonchev–Trinajstić information content (AvgIpc) is 2.61. The SMILES string of the molecule is COc1ccc2c(c1)c(O)c(C(=O)Nc1ccc(Cl)cc1)c(=O)n2C. The molecule has 0 aliphatic rings. The van der Waals surface area contributed by atoms with Crippen molar-refractivity contribution >= 4 is 34.1 Å². The monoisotopic (exact) mass is 358 g/mol. The van der Waals surface area contributed by atoms with E-state index in [1.54, 1.807) is 42.5 Å². The van der Waals surface area contributed by atoms with Crippen molar-refractivity contribution in [2.24, 2.45) is 7.05 Å². The summed E-state index contributed by atoms with van der Waals surface area (Å²) >= 11 is 5.81. The number of benzene rings is 2. The third-order valence-corrected chi connectivity index (χ3v) is 4.16. The molecule has 3 rings (SSSR count). The summed E-state index contributed by atoms with van der Waals surface area (Å²) in [5.74, 6) is -0.584. The minimum Gasteiger partial charge on any atom is -0.506 e. The van der Waals surface area contributed by atoms with Crippen molar-refractivity contribution < 1.29 is 14.6 Å². The van der Waals surface area contributed by atoms with Crippen molar-refractivity contribution in [1.82, 2.24) is 4.57 Å². The number of hydrogen-bond donors (Lipinski definition) is 2. The molecule has 0 unspecified atom stereocenters. The number of aromatic nitrogens is 1. The minimum atomic E-state index is -0.704. The second-order valence-electron chi connectivity index (χ2n) is 5.43. The lowest BCUT2D eigenvalue weighted by Gasteiger charge is -2.13. The van der Waals surface area contributed by atoms with E-state index in [0.717, 1.165) is 0 Å². The van der Waals surface area contributed by atoms with Crippen LogP contribution in [-0.2, 0) is 7.05 Å². The Bertz CT molecular complexity index is 1030. The van der Waals surface area contributed by atoms with Crippen LogP contribution in [0.3, 0.4) is 0 Å². The quantitative estimate of drug-likeness (QED) is 0.753. The first-order chi connectivity index (χ1) is 11.9. The van der Waals surface area contributed by atoms with Crippen LogP contribution >= 0.6 is 11.6 Å². The Labute approximate surface area is 148 Å². The van der Waals surface area contributed by atoms with Crippen LogP contribution in [-0.4, -0.2) is 22.7 Å². The van der Waals surface area contributed by atoms with Gasteiger partial charge in [-0.3, -0.25) is 9.59 Å². The predicted octanol–water partition coefficient (Wildman–Crippen LogP) is 3.16. The van der Waals surface area contributed by atoms with Crippen LogP contribution in [0.15, 0.2) is 47.3 Å². The third kappa shape index (κ3) is 3.04. The number of nitrogens with one attached hydrogen (secondary N) is 1. The zero-order valence-electron chi connectivity index (χ0n) is 13.5. The van der Waals surface area contributed by atoms with Crippen molar-refractivity contribution in [2.45, 2.75) is 0 Å². The number of fused-ring (bicyclic) bond motifs is 1. The molecular weight excluding hydrogens is 344 g/mol. The summed E-state index contributed by atoms with van der Waals surface area (Å²) in [6.07, 6.45) is 0. The van der Waals surface area contributed by atoms with Gasteiger partial charge in [0.15, 0.2) is 0 Å². The van der Waals surface area contributed by atoms with Crippen molar-refractivity contribution in [1.29, 1.82) is 0 Å². The molecule has 0 spiro atoms. The Kier molecular flexibility index (Phi) is 4.37. The maximum atomic E-state index is 12.5. The van der Waals surface area contributed by atoms with Gasteiger partial charge in [0.2, 0.25) is 0 Å². The number of halogens is 1. The zero-order chi connectivity index (χ0) is 18.1. The molecule has 0 aliphatic carbocycles. The van der Waals surface area contributed by atoms with Gasteiger partial charge in [0.1, 0.15) is 17.1 Å². The van der Waals surface area contributed by atoms with E-state index in [4.69, 9.17) is 16.3 Å². The molecule has 7 heteroatoms. The smallest absolute Gasteiger partial charge is 0.267 e. The fourth-order valence-corrected chi connectivity index (χ4v) is 2.69. The van der Waals surface area contributed by atoms with Gasteiger partial charge in [-0.1, -0.05) is 11.6 Å². The maximum Gasteiger partial charge on any atom is 0.267 e. The van der Waals surface area contributed by atoms with Gasteiger partial charge in [-0.2, -0.15) is 0 Å². The van der Waals surface area contributed by atoms with Gasteiger partial charge in [-0.15, -0.1) is 0 Å². The first kappa shape index (κ1) is 16.9. The number of amides is 1. The number of aromatic hydroxyl groups is 1. The van der Waals surface area contributed by atoms with Gasteiger partial charge in [-0.05, 0) is 42.5 Å². The van der Waals surface area contributed by atoms with Gasteiger partial charge in [0.05, 0.1) is 12.6 Å². The second-order valence-corrected chi connectivity index (χ2v) is 5.87. The molecule has 0 aliphatic heterocycles. The third-order valence-electron chi connectivity index (χ3n) is 3.90. The van der Waals surface area contributed by atoms with Crippen LogP contribution in [0.5, 0.6) is 11.5 Å². The van der Waals surface area contributed by atoms with Gasteiger partial charge in [-0.25, -0.2) is 0 Å². The van der Waals surface area contributed by atoms with E-state index in [9.17, 15) is 14.7 Å². The number of nitrogens with zero attached hydrogens (tertiary/aromatic N) is 1. The normalized spacial score (nSPS) is 10.7. The molecule has 0 atom stereocenters. The van der Waals surface area contributed by atoms with E-state index in [-0.39, 0.29) is 11.3 Å². The molecule has 1 heterocycles. The van der Waals surface area contributed by atoms with Gasteiger partial charge < -0.3 is 19.7 Å². The Morgan fingerprint density at radius 2 is 1.88 bits per heavy atom. The van der Waals surface area contributed by atoms with Crippen molar-refractivity contribution in [2.75, 3.05) is 12.4 Å². The first-order valence-electron chi connectivity index (χ1n) is 7.39. The molecule has 0 fully saturated rings. The van der Waals surface area contributed by atoms with Gasteiger partial charge in [0.25, 0.3) is 11.5 Å². The topological polar surface area (TPSA) is 80.6 Å². The molecule has 0 saturated carbocycles. The number of carbonyl (C=O) groups is 1. The lowest BCUT2D eigenvalue weighted by molar-refractivity contribution is 0.102. The first-order valence-corrected chi connectivity index (χ1v) is 7.77. The highest BCUT2D eigenvalue weighted by Gasteiger charge is 2.21. The number of ether oxygens (including phenoxy) is 1. The van der Waals surface area contributed by atoms with Crippen LogP contribution in [0.1, 0.15) is 10.4 Å². The highest BCUT2D eigenvalue weighted by Crippen LogP contribution is 2.29. The fraction of sp³-hybridized carbons (Fsp3) is 0.111. The summed E-state index contributed by atoms with van der Waals surface area (Å²) in [5, 5.41) is 14.0. The molecule has 2 N–H and O–H groups in total. The summed E-state index contributed by atoms with van der Waals surface area (Å²) in [6.45, 7) is 0. The summed E-state index contributed by atoms with van der Waals surface area (Å²) < 4.78 is 6.45. The molecule has 3 aromatic rings. The van der Waals surface area contributed by atoms with Crippen LogP contribution in [0.4, 0.5) is 5.69 Å². The van der Waals surface area contributed by atoms with E-state index in [1.165, 1.54) is 18.7 Å². The van der Waals surface area contributed by atoms with Crippen LogP contribution in [0.2, 0.25) is 5.02 Å². The van der Waals surface area contributed by atoms with Crippen molar-refractivity contribution in [3.63, 3.8) is 0 Å². The lowest BCUT2D eigenvalue weighted by Crippen LogP contribution is -2.28. The molecule has 1 aromatic heterocycles. The lowest BCUT2D eigenvalue weighted by atomic mass is 10.1. The molecule has 0 radical (unpaired) electrons. The van der Waals surface area contributed by atoms with E-state index in [0.29, 0.717) is 27.4 Å². The van der Waals surface area contributed by atoms with Gasteiger partial charge in [0, 0.05) is 23.1 Å². The number of aryl methyl sites for hydroxylation is 1. The number of hydrogen-bond acceptors (Lipinski definition) is 4. The van der Waals surface area contributed by atoms with Crippen LogP contribution in [0, 0.1) is 0 Å². The molecule has 128 valence electrons. The minimum absolute atomic E-state index is 0.335. The molecular formula is C18H15ClN2O4. The molecule has 2 aromatic carbocycles. The van der Waals surface area contributed by atoms with E-state index in [2.05, 4.69) is 5.32 Å². The Morgan fingerprint density at radius 1 is 1.20 bits per heavy atom. The summed E-state index contributed by atoms with van der Waals surface area (Å²) in [6, 6.07) is 11.3. The average molecular weight is 359 g/mol. The van der Waals surface area contributed by atoms with E-state index >= 15 is 0 Å². The van der Waals surface area contributed by atoms with E-state index < -0.39 is 11.5 Å². The van der Waals surface area contributed by atoms with Crippen molar-refractivity contribution in [3.05, 3.63) is 63.4 Å². The Hall–Kier alpha value is -2.99. The van der Waals surface area contributed by atoms with Crippen LogP contribution < -0.4 is 15.6 Å². The van der Waals surface area contributed by atoms with Crippen molar-refractivity contribution in [3.8, 4) is 11.5 Å². The molecule has 0 bridgehead atoms. The summed E-state index contributed by atoms with van der Waals surface area (Å²) in [4.78, 5) is 25.1. The number of pyridine rings is 1. The number of rotatable bonds is 3. The largest absolute Gasteiger partial charge is 0.506 e. The summed E-state index contributed by atoms with van der Waals surface area (Å²) in [5.41, 5.74) is 0.0211.